The van der Waals surface area contributed by atoms with Gasteiger partial charge in [-0.3, -0.25) is 9.78 Å². The molecule has 0 radical (unpaired) electrons. The molecule has 0 aliphatic rings. The highest BCUT2D eigenvalue weighted by molar-refractivity contribution is 5.98. The summed E-state index contributed by atoms with van der Waals surface area (Å²) >= 11 is 0. The van der Waals surface area contributed by atoms with Gasteiger partial charge in [-0.1, -0.05) is 36.4 Å². The van der Waals surface area contributed by atoms with Crippen LogP contribution in [0.2, 0.25) is 0 Å². The van der Waals surface area contributed by atoms with Gasteiger partial charge in [0.2, 0.25) is 5.91 Å². The summed E-state index contributed by atoms with van der Waals surface area (Å²) < 4.78 is 0. The molecule has 0 spiro atoms. The van der Waals surface area contributed by atoms with Crippen molar-refractivity contribution in [3.05, 3.63) is 106 Å². The highest BCUT2D eigenvalue weighted by Gasteiger charge is 2.19. The number of anilines is 1. The van der Waals surface area contributed by atoms with E-state index < -0.39 is 11.9 Å². The summed E-state index contributed by atoms with van der Waals surface area (Å²) in [6, 6.07) is 19.0. The third kappa shape index (κ3) is 4.97. The Kier molecular flexibility index (Phi) is 6.70. The number of aromatic carboxylic acids is 1. The number of nitrogens with zero attached hydrogens (tertiary/aromatic N) is 1. The minimum Gasteiger partial charge on any atom is -0.478 e. The fourth-order valence-electron chi connectivity index (χ4n) is 4.19. The minimum atomic E-state index is -0.922. The third-order valence-corrected chi connectivity index (χ3v) is 6.15. The zero-order valence-corrected chi connectivity index (χ0v) is 19.2. The Labute approximate surface area is 198 Å². The van der Waals surface area contributed by atoms with Crippen molar-refractivity contribution in [1.29, 1.82) is 0 Å². The predicted octanol–water partition coefficient (Wildman–Crippen LogP) is 4.82. The Morgan fingerprint density at radius 1 is 0.971 bits per heavy atom. The van der Waals surface area contributed by atoms with Crippen LogP contribution in [-0.4, -0.2) is 28.5 Å². The Balaban J connectivity index is 1.50. The molecule has 4 aromatic rings. The lowest BCUT2D eigenvalue weighted by atomic mass is 9.93. The van der Waals surface area contributed by atoms with E-state index in [1.807, 2.05) is 68.4 Å². The van der Waals surface area contributed by atoms with Crippen molar-refractivity contribution in [2.24, 2.45) is 5.73 Å². The van der Waals surface area contributed by atoms with E-state index in [9.17, 15) is 14.7 Å². The van der Waals surface area contributed by atoms with Gasteiger partial charge in [0, 0.05) is 30.0 Å². The van der Waals surface area contributed by atoms with Gasteiger partial charge in [-0.2, -0.15) is 0 Å². The Morgan fingerprint density at radius 3 is 2.44 bits per heavy atom. The van der Waals surface area contributed by atoms with Gasteiger partial charge in [-0.15, -0.1) is 0 Å². The molecule has 1 unspecified atom stereocenters. The van der Waals surface area contributed by atoms with E-state index in [2.05, 4.69) is 10.3 Å². The first-order valence-corrected chi connectivity index (χ1v) is 11.1. The van der Waals surface area contributed by atoms with Crippen LogP contribution in [0.25, 0.3) is 10.8 Å². The molecule has 0 aliphatic carbocycles. The average molecular weight is 454 g/mol. The van der Waals surface area contributed by atoms with Crippen LogP contribution in [0.4, 0.5) is 5.69 Å². The molecule has 0 fully saturated rings. The van der Waals surface area contributed by atoms with Crippen molar-refractivity contribution in [2.75, 3.05) is 11.9 Å². The first-order chi connectivity index (χ1) is 16.4. The number of pyridine rings is 1. The van der Waals surface area contributed by atoms with Gasteiger partial charge >= 0.3 is 5.97 Å². The summed E-state index contributed by atoms with van der Waals surface area (Å²) in [5.41, 5.74) is 11.6. The lowest BCUT2D eigenvalue weighted by Crippen LogP contribution is -2.27. The second-order valence-electron chi connectivity index (χ2n) is 8.53. The molecular weight excluding hydrogens is 426 g/mol. The van der Waals surface area contributed by atoms with Gasteiger partial charge in [0.25, 0.3) is 0 Å². The first kappa shape index (κ1) is 23.1. The highest BCUT2D eigenvalue weighted by atomic mass is 16.4. The van der Waals surface area contributed by atoms with E-state index in [1.165, 1.54) is 0 Å². The molecule has 4 rings (SSSR count). The quantitative estimate of drug-likeness (QED) is 0.372. The number of hydrogen-bond donors (Lipinski definition) is 3. The molecule has 1 amide bonds. The molecule has 1 aromatic heterocycles. The molecule has 0 bridgehead atoms. The number of nitrogens with one attached hydrogen (secondary N) is 1. The smallest absolute Gasteiger partial charge is 0.335 e. The normalized spacial score (nSPS) is 11.9. The topological polar surface area (TPSA) is 105 Å². The summed E-state index contributed by atoms with van der Waals surface area (Å²) in [7, 11) is 0. The number of aryl methyl sites for hydroxylation is 2. The van der Waals surface area contributed by atoms with Crippen LogP contribution < -0.4 is 11.1 Å². The van der Waals surface area contributed by atoms with Crippen LogP contribution in [-0.2, 0) is 11.2 Å². The summed E-state index contributed by atoms with van der Waals surface area (Å²) in [5, 5.41) is 14.4. The monoisotopic (exact) mass is 453 g/mol. The maximum absolute atomic E-state index is 13.0. The SMILES string of the molecule is Cc1cc(C)c(C(=O)O)cc1Cc1ccc(C(CN)C(=O)Nc2ccc3cnccc3c2)cc1. The van der Waals surface area contributed by atoms with Gasteiger partial charge < -0.3 is 16.2 Å². The number of amides is 1. The van der Waals surface area contributed by atoms with Crippen molar-refractivity contribution in [3.8, 4) is 0 Å². The van der Waals surface area contributed by atoms with E-state index in [4.69, 9.17) is 5.73 Å². The summed E-state index contributed by atoms with van der Waals surface area (Å²) in [4.78, 5) is 28.6. The van der Waals surface area contributed by atoms with Crippen LogP contribution in [0.3, 0.4) is 0 Å². The number of rotatable bonds is 7. The minimum absolute atomic E-state index is 0.163. The van der Waals surface area contributed by atoms with Gasteiger partial charge in [-0.25, -0.2) is 4.79 Å². The second-order valence-corrected chi connectivity index (χ2v) is 8.53. The van der Waals surface area contributed by atoms with Crippen molar-refractivity contribution in [2.45, 2.75) is 26.2 Å². The van der Waals surface area contributed by atoms with Crippen molar-refractivity contribution in [1.82, 2.24) is 4.98 Å². The maximum atomic E-state index is 13.0. The molecule has 0 saturated heterocycles. The number of carboxylic acids is 1. The highest BCUT2D eigenvalue weighted by Crippen LogP contribution is 2.24. The molecule has 1 heterocycles. The summed E-state index contributed by atoms with van der Waals surface area (Å²) in [6.45, 7) is 3.98. The lowest BCUT2D eigenvalue weighted by molar-refractivity contribution is -0.117. The number of carbonyl (C=O) groups is 2. The molecule has 6 heteroatoms. The van der Waals surface area contributed by atoms with Crippen molar-refractivity contribution >= 4 is 28.3 Å². The average Bonchev–Trinajstić information content (AvgIpc) is 2.82. The Hall–Kier alpha value is -4.03. The number of benzene rings is 3. The molecule has 0 aliphatic heterocycles. The van der Waals surface area contributed by atoms with Gasteiger partial charge in [0.1, 0.15) is 0 Å². The molecule has 34 heavy (non-hydrogen) atoms. The van der Waals surface area contributed by atoms with Crippen LogP contribution in [0.1, 0.15) is 44.1 Å². The molecule has 1 atom stereocenters. The molecule has 6 nitrogen and oxygen atoms in total. The van der Waals surface area contributed by atoms with E-state index in [0.29, 0.717) is 17.7 Å². The maximum Gasteiger partial charge on any atom is 0.335 e. The standard InChI is InChI=1S/C28H27N3O3/c1-17-11-18(2)25(28(33)34)14-23(17)12-19-3-5-20(6-4-19)26(15-29)27(32)31-24-8-7-22-16-30-10-9-21(22)13-24/h3-11,13-14,16,26H,12,15,29H2,1-2H3,(H,31,32)(H,33,34). The van der Waals surface area contributed by atoms with E-state index in [0.717, 1.165) is 38.6 Å². The molecule has 172 valence electrons. The summed E-state index contributed by atoms with van der Waals surface area (Å²) in [5.74, 6) is -1.57. The Bertz CT molecular complexity index is 1360. The number of nitrogens with two attached hydrogens (primary N) is 1. The fourth-order valence-corrected chi connectivity index (χ4v) is 4.19. The van der Waals surface area contributed by atoms with Gasteiger partial charge in [0.15, 0.2) is 0 Å². The van der Waals surface area contributed by atoms with Crippen LogP contribution in [0.5, 0.6) is 0 Å². The number of fused-ring (bicyclic) bond motifs is 1. The van der Waals surface area contributed by atoms with Gasteiger partial charge in [-0.05, 0) is 77.7 Å². The van der Waals surface area contributed by atoms with Crippen molar-refractivity contribution in [3.63, 3.8) is 0 Å². The number of carboxylic acid groups (broad SMARTS) is 1. The van der Waals surface area contributed by atoms with Crippen molar-refractivity contribution < 1.29 is 14.7 Å². The molecule has 4 N–H and O–H groups in total. The van der Waals surface area contributed by atoms with E-state index >= 15 is 0 Å². The summed E-state index contributed by atoms with van der Waals surface area (Å²) in [6.07, 6.45) is 4.11. The number of carbonyl (C=O) groups excluding carboxylic acids is 1. The van der Waals surface area contributed by atoms with Gasteiger partial charge in [0.05, 0.1) is 11.5 Å². The number of aromatic nitrogens is 1. The largest absolute Gasteiger partial charge is 0.478 e. The first-order valence-electron chi connectivity index (χ1n) is 11.1. The van der Waals surface area contributed by atoms with E-state index in [-0.39, 0.29) is 12.5 Å². The third-order valence-electron chi connectivity index (χ3n) is 6.15. The zero-order chi connectivity index (χ0) is 24.2. The predicted molar refractivity (Wildman–Crippen MR) is 134 cm³/mol. The van der Waals surface area contributed by atoms with E-state index in [1.54, 1.807) is 18.5 Å². The molecular formula is C28H27N3O3. The van der Waals surface area contributed by atoms with Crippen LogP contribution >= 0.6 is 0 Å². The zero-order valence-electron chi connectivity index (χ0n) is 19.2. The fraction of sp³-hybridized carbons (Fsp3) is 0.179. The lowest BCUT2D eigenvalue weighted by Gasteiger charge is -2.16. The molecule has 0 saturated carbocycles. The second kappa shape index (κ2) is 9.85. The number of hydrogen-bond acceptors (Lipinski definition) is 4. The Morgan fingerprint density at radius 2 is 1.74 bits per heavy atom. The van der Waals surface area contributed by atoms with Crippen LogP contribution in [0, 0.1) is 13.8 Å². The molecule has 3 aromatic carbocycles. The van der Waals surface area contributed by atoms with Crippen LogP contribution in [0.15, 0.2) is 73.1 Å².